The van der Waals surface area contributed by atoms with Crippen molar-refractivity contribution in [2.24, 2.45) is 0 Å². The van der Waals surface area contributed by atoms with Crippen LogP contribution in [0.3, 0.4) is 0 Å². The maximum absolute atomic E-state index is 9.05. The minimum atomic E-state index is -2.32. The van der Waals surface area contributed by atoms with Gasteiger partial charge in [0.25, 0.3) is 0 Å². The summed E-state index contributed by atoms with van der Waals surface area (Å²) in [5, 5.41) is 2.05. The summed E-state index contributed by atoms with van der Waals surface area (Å²) in [7, 11) is 0. The number of rotatable bonds is 7. The molecule has 0 aliphatic carbocycles. The van der Waals surface area contributed by atoms with Crippen LogP contribution in [0.5, 0.6) is 0 Å². The maximum atomic E-state index is 9.05. The average molecular weight is 910 g/mol. The van der Waals surface area contributed by atoms with Crippen molar-refractivity contribution in [1.82, 2.24) is 19.5 Å². The van der Waals surface area contributed by atoms with Gasteiger partial charge in [-0.2, -0.15) is 0 Å². The predicted molar refractivity (Wildman–Crippen MR) is 210 cm³/mol. The van der Waals surface area contributed by atoms with Gasteiger partial charge < -0.3 is 8.98 Å². The average Bonchev–Trinajstić information content (AvgIpc) is 3.74. The molecule has 0 saturated heterocycles. The van der Waals surface area contributed by atoms with Crippen molar-refractivity contribution in [1.29, 1.82) is 0 Å². The van der Waals surface area contributed by atoms with Crippen LogP contribution < -0.4 is 4.40 Å². The van der Waals surface area contributed by atoms with E-state index in [4.69, 9.17) is 12.1 Å². The van der Waals surface area contributed by atoms with E-state index in [0.29, 0.717) is 5.71 Å². The van der Waals surface area contributed by atoms with Crippen LogP contribution in [-0.4, -0.2) is 32.8 Å². The second-order valence-electron chi connectivity index (χ2n) is 13.9. The van der Waals surface area contributed by atoms with Gasteiger partial charge in [0.05, 0.1) is 22.4 Å². The largest absolute Gasteiger partial charge is 0 e. The Labute approximate surface area is 319 Å². The summed E-state index contributed by atoms with van der Waals surface area (Å²) in [4.78, 5) is 13.9. The molecule has 1 atom stereocenters. The molecule has 8 rings (SSSR count). The Morgan fingerprint density at radius 1 is 0.824 bits per heavy atom. The van der Waals surface area contributed by atoms with Crippen molar-refractivity contribution >= 4 is 50.8 Å². The molecule has 259 valence electrons. The van der Waals surface area contributed by atoms with E-state index >= 15 is 0 Å². The van der Waals surface area contributed by atoms with E-state index in [1.165, 1.54) is 0 Å². The monoisotopic (exact) mass is 911 g/mol. The number of aromatic nitrogens is 4. The number of furan rings is 1. The quantitative estimate of drug-likeness (QED) is 0.118. The van der Waals surface area contributed by atoms with Gasteiger partial charge >= 0.3 is 157 Å². The summed E-state index contributed by atoms with van der Waals surface area (Å²) in [5.41, 5.74) is 7.88. The number of fused-ring (bicyclic) bond motifs is 4. The van der Waals surface area contributed by atoms with E-state index in [2.05, 4.69) is 63.9 Å². The summed E-state index contributed by atoms with van der Waals surface area (Å²) in [6, 6.07) is 42.6. The summed E-state index contributed by atoms with van der Waals surface area (Å²) in [5.74, 6) is 7.49. The standard InChI is InChI=1S/C23H26GeN.C21H16N3O.Ir/c1-18(19-11-7-5-8-12-19)15-21-16-23(20-13-9-6-10-14-20)25-17-22(21)24(2,3)4;1-13(2)24-18-11-4-3-10-17(18)23-20(24)16-8-5-7-14-15-9-6-12-22-21(15)25-19(14)16;/h5-13,16-18H,15H2,1-4H3;3-7,9-13H,1-2H3;/q2*-1;/i15D2;;. The first-order valence-corrected chi connectivity index (χ1v) is 24.5. The molecule has 0 aliphatic rings. The van der Waals surface area contributed by atoms with Crippen molar-refractivity contribution in [3.63, 3.8) is 0 Å². The minimum absolute atomic E-state index is 0. The number of para-hydroxylation sites is 2. The third-order valence-electron chi connectivity index (χ3n) is 8.91. The van der Waals surface area contributed by atoms with E-state index in [-0.39, 0.29) is 32.1 Å². The maximum Gasteiger partial charge on any atom is 0 e. The van der Waals surface area contributed by atoms with E-state index in [1.807, 2.05) is 116 Å². The van der Waals surface area contributed by atoms with Crippen LogP contribution in [0.1, 0.15) is 46.6 Å². The molecule has 4 aromatic carbocycles. The van der Waals surface area contributed by atoms with Crippen LogP contribution in [0.2, 0.25) is 17.3 Å². The first kappa shape index (κ1) is 33.8. The van der Waals surface area contributed by atoms with Gasteiger partial charge in [-0.05, 0) is 38.1 Å². The smallest absolute Gasteiger partial charge is 0 e. The Kier molecular flexibility index (Phi) is 10.3. The topological polar surface area (TPSA) is 56.7 Å². The van der Waals surface area contributed by atoms with E-state index in [0.717, 1.165) is 65.6 Å². The van der Waals surface area contributed by atoms with Crippen LogP contribution >= 0.6 is 0 Å². The van der Waals surface area contributed by atoms with Gasteiger partial charge in [0.15, 0.2) is 0 Å². The molecule has 0 aliphatic heterocycles. The molecule has 0 N–H and O–H groups in total. The first-order chi connectivity index (χ1) is 24.9. The molecule has 8 aromatic rings. The fourth-order valence-electron chi connectivity index (χ4n) is 6.42. The van der Waals surface area contributed by atoms with Crippen molar-refractivity contribution in [3.8, 4) is 22.6 Å². The Balaban J connectivity index is 0.000000178. The summed E-state index contributed by atoms with van der Waals surface area (Å²) < 4.78 is 27.5. The Hall–Kier alpha value is -4.36. The molecule has 4 heterocycles. The number of benzene rings is 4. The van der Waals surface area contributed by atoms with Crippen LogP contribution in [0.15, 0.2) is 126 Å². The number of nitrogens with zero attached hydrogens (tertiary/aromatic N) is 4. The molecular formula is C44H42GeIrN4O-2. The van der Waals surface area contributed by atoms with Gasteiger partial charge in [0.2, 0.25) is 5.71 Å². The Morgan fingerprint density at radius 3 is 2.33 bits per heavy atom. The van der Waals surface area contributed by atoms with Crippen molar-refractivity contribution in [2.75, 3.05) is 0 Å². The molecule has 4 aromatic heterocycles. The summed E-state index contributed by atoms with van der Waals surface area (Å²) >= 11 is -2.32. The molecule has 0 saturated carbocycles. The molecule has 7 heteroatoms. The van der Waals surface area contributed by atoms with Crippen molar-refractivity contribution in [2.45, 2.75) is 56.4 Å². The second kappa shape index (κ2) is 15.5. The van der Waals surface area contributed by atoms with Crippen LogP contribution in [0, 0.1) is 12.1 Å². The Morgan fingerprint density at radius 2 is 1.59 bits per heavy atom. The Bertz CT molecular complexity index is 2490. The third kappa shape index (κ3) is 7.64. The molecule has 0 spiro atoms. The van der Waals surface area contributed by atoms with E-state index in [1.54, 1.807) is 6.20 Å². The van der Waals surface area contributed by atoms with Crippen LogP contribution in [-0.2, 0) is 26.5 Å². The SMILES string of the molecule is CC(C)n1c(-c2[c-]ccc3c2oc2ncccc23)nc2ccccc21.[2H]C([2H])(c1cc(-c2[c-]cccc2)nc[c]1[Ge]([CH3])([CH3])[CH3])C(C)c1ccccc1.[Ir]. The van der Waals surface area contributed by atoms with Gasteiger partial charge in [-0.3, -0.25) is 4.98 Å². The normalized spacial score (nSPS) is 13.0. The van der Waals surface area contributed by atoms with Crippen molar-refractivity contribution < 1.29 is 27.3 Å². The number of hydrogen-bond acceptors (Lipinski definition) is 4. The molecule has 51 heavy (non-hydrogen) atoms. The van der Waals surface area contributed by atoms with Gasteiger partial charge in [-0.15, -0.1) is 18.2 Å². The fraction of sp³-hybridized carbons (Fsp3) is 0.205. The van der Waals surface area contributed by atoms with Gasteiger partial charge in [0.1, 0.15) is 0 Å². The number of hydrogen-bond donors (Lipinski definition) is 0. The molecule has 5 nitrogen and oxygen atoms in total. The molecule has 1 unspecified atom stereocenters. The number of imidazole rings is 1. The van der Waals surface area contributed by atoms with Crippen LogP contribution in [0.25, 0.3) is 55.7 Å². The summed E-state index contributed by atoms with van der Waals surface area (Å²) in [6.07, 6.45) is 2.18. The van der Waals surface area contributed by atoms with Gasteiger partial charge in [-0.1, -0.05) is 23.1 Å². The predicted octanol–water partition coefficient (Wildman–Crippen LogP) is 10.8. The molecule has 0 bridgehead atoms. The summed E-state index contributed by atoms with van der Waals surface area (Å²) in [6.45, 7) is 6.30. The van der Waals surface area contributed by atoms with Crippen molar-refractivity contribution in [3.05, 3.63) is 145 Å². The zero-order valence-corrected chi connectivity index (χ0v) is 34.2. The molecule has 0 fully saturated rings. The number of pyridine rings is 2. The zero-order chi connectivity index (χ0) is 36.6. The zero-order valence-electron chi connectivity index (χ0n) is 31.7. The van der Waals surface area contributed by atoms with Gasteiger partial charge in [-0.25, -0.2) is 4.98 Å². The second-order valence-corrected chi connectivity index (χ2v) is 24.4. The van der Waals surface area contributed by atoms with Gasteiger partial charge in [0, 0.05) is 37.7 Å². The molecular weight excluding hydrogens is 865 g/mol. The molecule has 1 radical (unpaired) electrons. The first-order valence-electron chi connectivity index (χ1n) is 18.1. The third-order valence-corrected chi connectivity index (χ3v) is 13.1. The van der Waals surface area contributed by atoms with E-state index < -0.39 is 19.6 Å². The van der Waals surface area contributed by atoms with E-state index in [9.17, 15) is 0 Å². The minimum Gasteiger partial charge on any atom is 0 e. The van der Waals surface area contributed by atoms with Crippen LogP contribution in [0.4, 0.5) is 0 Å². The molecule has 0 amide bonds. The fourth-order valence-corrected chi connectivity index (χ4v) is 9.36.